The van der Waals surface area contributed by atoms with Gasteiger partial charge in [-0.15, -0.1) is 11.3 Å². The Hall–Kier alpha value is -3.31. The van der Waals surface area contributed by atoms with Gasteiger partial charge in [-0.25, -0.2) is 0 Å². The number of carbonyl (C=O) groups is 2. The number of rotatable bonds is 6. The first kappa shape index (κ1) is 20.9. The normalized spacial score (nSPS) is 13.2. The highest BCUT2D eigenvalue weighted by molar-refractivity contribution is 7.16. The zero-order valence-corrected chi connectivity index (χ0v) is 18.0. The summed E-state index contributed by atoms with van der Waals surface area (Å²) in [4.78, 5) is 25.7. The zero-order chi connectivity index (χ0) is 21.8. The maximum Gasteiger partial charge on any atom is 0.310 e. The third-order valence-electron chi connectivity index (χ3n) is 5.35. The smallest absolute Gasteiger partial charge is 0.310 e. The number of methoxy groups -OCH3 is 1. The second-order valence-electron chi connectivity index (χ2n) is 7.39. The van der Waals surface area contributed by atoms with Crippen molar-refractivity contribution in [3.63, 3.8) is 0 Å². The van der Waals surface area contributed by atoms with Crippen molar-refractivity contribution >= 4 is 39.2 Å². The van der Waals surface area contributed by atoms with Crippen LogP contribution in [0.1, 0.15) is 40.8 Å². The summed E-state index contributed by atoms with van der Waals surface area (Å²) >= 11 is 1.45. The Balaban J connectivity index is 1.35. The molecule has 0 aliphatic heterocycles. The molecule has 1 N–H and O–H groups in total. The molecule has 1 aliphatic carbocycles. The van der Waals surface area contributed by atoms with Crippen LogP contribution in [0.2, 0.25) is 0 Å². The van der Waals surface area contributed by atoms with Crippen LogP contribution in [0.3, 0.4) is 0 Å². The Kier molecular flexibility index (Phi) is 6.23. The number of aryl methyl sites for hydroxylation is 1. The summed E-state index contributed by atoms with van der Waals surface area (Å²) in [5, 5.41) is 13.6. The minimum Gasteiger partial charge on any atom is -0.497 e. The van der Waals surface area contributed by atoms with E-state index in [1.807, 2.05) is 6.07 Å². The number of amides is 1. The van der Waals surface area contributed by atoms with E-state index in [1.54, 1.807) is 19.2 Å². The van der Waals surface area contributed by atoms with Gasteiger partial charge in [0.25, 0.3) is 5.91 Å². The number of nitriles is 1. The van der Waals surface area contributed by atoms with E-state index in [2.05, 4.69) is 11.4 Å². The first-order valence-electron chi connectivity index (χ1n) is 10.1. The van der Waals surface area contributed by atoms with Gasteiger partial charge in [-0.3, -0.25) is 9.59 Å². The fourth-order valence-electron chi connectivity index (χ4n) is 3.79. The first-order chi connectivity index (χ1) is 15.1. The van der Waals surface area contributed by atoms with Crippen molar-refractivity contribution in [3.05, 3.63) is 46.0 Å². The van der Waals surface area contributed by atoms with E-state index >= 15 is 0 Å². The largest absolute Gasteiger partial charge is 0.497 e. The van der Waals surface area contributed by atoms with E-state index in [0.29, 0.717) is 27.5 Å². The van der Waals surface area contributed by atoms with Crippen molar-refractivity contribution in [1.82, 2.24) is 0 Å². The van der Waals surface area contributed by atoms with Gasteiger partial charge in [0, 0.05) is 21.9 Å². The second-order valence-corrected chi connectivity index (χ2v) is 8.49. The average molecular weight is 439 g/mol. The van der Waals surface area contributed by atoms with Gasteiger partial charge in [-0.2, -0.15) is 5.26 Å². The molecular formula is C23H22N2O5S. The van der Waals surface area contributed by atoms with E-state index in [-0.39, 0.29) is 6.42 Å². The molecule has 2 heterocycles. The fraction of sp³-hybridized carbons (Fsp3) is 0.348. The number of anilines is 1. The molecule has 160 valence electrons. The molecule has 0 saturated carbocycles. The molecule has 0 radical (unpaired) electrons. The summed E-state index contributed by atoms with van der Waals surface area (Å²) in [6, 6.07) is 7.57. The summed E-state index contributed by atoms with van der Waals surface area (Å²) < 4.78 is 15.8. The molecule has 31 heavy (non-hydrogen) atoms. The molecular weight excluding hydrogens is 416 g/mol. The SMILES string of the molecule is COc1ccc2c(CC(=O)OCC(=O)Nc3sc4c(c3C#N)CCCCC4)coc2c1. The third kappa shape index (κ3) is 4.57. The third-order valence-corrected chi connectivity index (χ3v) is 6.56. The monoisotopic (exact) mass is 438 g/mol. The Labute approximate surface area is 183 Å². The number of fused-ring (bicyclic) bond motifs is 2. The fourth-order valence-corrected chi connectivity index (χ4v) is 5.05. The van der Waals surface area contributed by atoms with Gasteiger partial charge in [0.2, 0.25) is 0 Å². The molecule has 3 aromatic rings. The van der Waals surface area contributed by atoms with Gasteiger partial charge in [0.1, 0.15) is 22.4 Å². The molecule has 1 aliphatic rings. The van der Waals surface area contributed by atoms with Gasteiger partial charge in [-0.1, -0.05) is 6.42 Å². The van der Waals surface area contributed by atoms with Crippen LogP contribution in [0.25, 0.3) is 11.0 Å². The predicted molar refractivity (Wildman–Crippen MR) is 116 cm³/mol. The van der Waals surface area contributed by atoms with Crippen LogP contribution in [-0.4, -0.2) is 25.6 Å². The molecule has 0 fully saturated rings. The maximum atomic E-state index is 12.3. The average Bonchev–Trinajstić information content (AvgIpc) is 3.23. The van der Waals surface area contributed by atoms with Gasteiger partial charge in [0.15, 0.2) is 6.61 Å². The lowest BCUT2D eigenvalue weighted by Crippen LogP contribution is -2.21. The number of hydrogen-bond acceptors (Lipinski definition) is 7. The molecule has 0 bridgehead atoms. The standard InChI is InChI=1S/C23H22N2O5S/c1-28-15-7-8-16-14(12-29-19(16)10-15)9-22(27)30-13-21(26)25-23-18(11-24)17-5-3-2-4-6-20(17)31-23/h7-8,10,12H,2-6,9,13H2,1H3,(H,25,26). The predicted octanol–water partition coefficient (Wildman–Crippen LogP) is 4.37. The second kappa shape index (κ2) is 9.23. The summed E-state index contributed by atoms with van der Waals surface area (Å²) in [5.41, 5.74) is 2.89. The van der Waals surface area contributed by atoms with Gasteiger partial charge >= 0.3 is 5.97 Å². The Morgan fingerprint density at radius 1 is 1.26 bits per heavy atom. The van der Waals surface area contributed by atoms with E-state index in [4.69, 9.17) is 13.9 Å². The van der Waals surface area contributed by atoms with Crippen LogP contribution in [0.15, 0.2) is 28.9 Å². The zero-order valence-electron chi connectivity index (χ0n) is 17.2. The molecule has 0 saturated heterocycles. The number of nitrogens with zero attached hydrogens (tertiary/aromatic N) is 1. The van der Waals surface area contributed by atoms with E-state index in [0.717, 1.165) is 43.1 Å². The van der Waals surface area contributed by atoms with Crippen molar-refractivity contribution in [2.75, 3.05) is 19.0 Å². The molecule has 8 heteroatoms. The summed E-state index contributed by atoms with van der Waals surface area (Å²) in [6.07, 6.45) is 6.60. The molecule has 7 nitrogen and oxygen atoms in total. The number of thiophene rings is 1. The Morgan fingerprint density at radius 3 is 2.90 bits per heavy atom. The van der Waals surface area contributed by atoms with Crippen LogP contribution in [0.4, 0.5) is 5.00 Å². The number of nitrogens with one attached hydrogen (secondary N) is 1. The molecule has 4 rings (SSSR count). The van der Waals surface area contributed by atoms with Crippen LogP contribution >= 0.6 is 11.3 Å². The number of carbonyl (C=O) groups excluding carboxylic acids is 2. The molecule has 0 spiro atoms. The number of benzene rings is 1. The van der Waals surface area contributed by atoms with Crippen molar-refractivity contribution in [2.45, 2.75) is 38.5 Å². The lowest BCUT2D eigenvalue weighted by Gasteiger charge is -2.06. The van der Waals surface area contributed by atoms with Crippen molar-refractivity contribution in [2.24, 2.45) is 0 Å². The topological polar surface area (TPSA) is 102 Å². The van der Waals surface area contributed by atoms with E-state index in [1.165, 1.54) is 22.5 Å². The minimum atomic E-state index is -0.531. The summed E-state index contributed by atoms with van der Waals surface area (Å²) in [5.74, 6) is -0.325. The molecule has 0 unspecified atom stereocenters. The summed E-state index contributed by atoms with van der Waals surface area (Å²) in [7, 11) is 1.57. The van der Waals surface area contributed by atoms with Crippen molar-refractivity contribution in [3.8, 4) is 11.8 Å². The van der Waals surface area contributed by atoms with E-state index < -0.39 is 18.5 Å². The molecule has 0 atom stereocenters. The minimum absolute atomic E-state index is 0.0106. The van der Waals surface area contributed by atoms with Crippen LogP contribution in [0.5, 0.6) is 5.75 Å². The van der Waals surface area contributed by atoms with Crippen LogP contribution < -0.4 is 10.1 Å². The molecule has 1 aromatic carbocycles. The van der Waals surface area contributed by atoms with Crippen molar-refractivity contribution < 1.29 is 23.5 Å². The van der Waals surface area contributed by atoms with Gasteiger partial charge in [0.05, 0.1) is 25.4 Å². The highest BCUT2D eigenvalue weighted by Gasteiger charge is 2.21. The van der Waals surface area contributed by atoms with E-state index in [9.17, 15) is 14.9 Å². The number of furan rings is 1. The Morgan fingerprint density at radius 2 is 2.10 bits per heavy atom. The Bertz CT molecular complexity index is 1170. The van der Waals surface area contributed by atoms with Crippen molar-refractivity contribution in [1.29, 1.82) is 5.26 Å². The lowest BCUT2D eigenvalue weighted by molar-refractivity contribution is -0.146. The highest BCUT2D eigenvalue weighted by atomic mass is 32.1. The quantitative estimate of drug-likeness (QED) is 0.453. The maximum absolute atomic E-state index is 12.3. The van der Waals surface area contributed by atoms with Crippen LogP contribution in [0, 0.1) is 11.3 Å². The van der Waals surface area contributed by atoms with Crippen LogP contribution in [-0.2, 0) is 33.6 Å². The first-order valence-corrected chi connectivity index (χ1v) is 10.9. The molecule has 2 aromatic heterocycles. The van der Waals surface area contributed by atoms with Gasteiger partial charge < -0.3 is 19.2 Å². The highest BCUT2D eigenvalue weighted by Crippen LogP contribution is 2.37. The van der Waals surface area contributed by atoms with Gasteiger partial charge in [-0.05, 0) is 43.4 Å². The number of esters is 1. The number of hydrogen-bond donors (Lipinski definition) is 1. The number of ether oxygens (including phenoxy) is 2. The lowest BCUT2D eigenvalue weighted by atomic mass is 10.1. The molecule has 1 amide bonds. The summed E-state index contributed by atoms with van der Waals surface area (Å²) in [6.45, 7) is -0.407.